The first-order chi connectivity index (χ1) is 7.57. The Hall–Kier alpha value is -0.610. The number of nitrogens with one attached hydrogen (secondary N) is 1. The fraction of sp³-hybridized carbons (Fsp3) is 0.917. The zero-order valence-electron chi connectivity index (χ0n) is 10.8. The van der Waals surface area contributed by atoms with E-state index in [1.165, 1.54) is 0 Å². The van der Waals surface area contributed by atoms with Crippen molar-refractivity contribution in [3.63, 3.8) is 0 Å². The molecule has 3 N–H and O–H groups in total. The minimum atomic E-state index is -0.225. The number of carbonyl (C=O) groups excluding carboxylic acids is 1. The summed E-state index contributed by atoms with van der Waals surface area (Å²) in [5.41, 5.74) is 5.40. The number of likely N-dealkylation sites (N-methyl/N-ethyl adjacent to an activating group) is 1. The summed E-state index contributed by atoms with van der Waals surface area (Å²) in [6.07, 6.45) is 1.90. The van der Waals surface area contributed by atoms with E-state index in [2.05, 4.69) is 31.0 Å². The molecule has 1 unspecified atom stereocenters. The summed E-state index contributed by atoms with van der Waals surface area (Å²) in [4.78, 5) is 14.2. The van der Waals surface area contributed by atoms with Crippen LogP contribution in [0.25, 0.3) is 0 Å². The molecule has 1 amide bonds. The molecule has 16 heavy (non-hydrogen) atoms. The van der Waals surface area contributed by atoms with Gasteiger partial charge in [-0.15, -0.1) is 0 Å². The molecule has 0 heterocycles. The molecule has 0 aromatic heterocycles. The van der Waals surface area contributed by atoms with Crippen molar-refractivity contribution in [2.24, 2.45) is 11.1 Å². The van der Waals surface area contributed by atoms with E-state index in [9.17, 15) is 4.79 Å². The average molecular weight is 227 g/mol. The third-order valence-corrected chi connectivity index (χ3v) is 3.53. The van der Waals surface area contributed by atoms with Crippen LogP contribution in [-0.2, 0) is 4.79 Å². The second-order valence-corrected chi connectivity index (χ2v) is 4.84. The van der Waals surface area contributed by atoms with Crippen LogP contribution >= 0.6 is 0 Å². The summed E-state index contributed by atoms with van der Waals surface area (Å²) in [7, 11) is 0. The first-order valence-corrected chi connectivity index (χ1v) is 6.31. The van der Waals surface area contributed by atoms with Crippen LogP contribution in [0.1, 0.15) is 33.6 Å². The van der Waals surface area contributed by atoms with Crippen LogP contribution in [0.2, 0.25) is 0 Å². The van der Waals surface area contributed by atoms with E-state index in [1.807, 2.05) is 0 Å². The Bertz CT molecular complexity index is 234. The lowest BCUT2D eigenvalue weighted by molar-refractivity contribution is -0.126. The molecule has 4 nitrogen and oxygen atoms in total. The molecule has 0 aromatic carbocycles. The number of amides is 1. The number of nitrogens with two attached hydrogens (primary N) is 1. The van der Waals surface area contributed by atoms with Crippen molar-refractivity contribution in [2.45, 2.75) is 39.7 Å². The van der Waals surface area contributed by atoms with Gasteiger partial charge in [-0.3, -0.25) is 4.79 Å². The molecule has 0 saturated heterocycles. The van der Waals surface area contributed by atoms with Crippen molar-refractivity contribution in [2.75, 3.05) is 26.2 Å². The predicted octanol–water partition coefficient (Wildman–Crippen LogP) is 0.572. The number of rotatable bonds is 7. The van der Waals surface area contributed by atoms with E-state index >= 15 is 0 Å². The van der Waals surface area contributed by atoms with Gasteiger partial charge in [-0.05, 0) is 32.9 Å². The van der Waals surface area contributed by atoms with Crippen LogP contribution in [-0.4, -0.2) is 43.0 Å². The Kier molecular flexibility index (Phi) is 4.74. The first kappa shape index (κ1) is 13.5. The molecule has 1 fully saturated rings. The maximum atomic E-state index is 11.9. The summed E-state index contributed by atoms with van der Waals surface area (Å²) in [6, 6.07) is 0.205. The molecule has 4 heteroatoms. The zero-order chi connectivity index (χ0) is 12.2. The highest BCUT2D eigenvalue weighted by Gasteiger charge is 2.48. The Balaban J connectivity index is 2.33. The number of nitrogens with zero attached hydrogens (tertiary/aromatic N) is 1. The van der Waals surface area contributed by atoms with Crippen molar-refractivity contribution in [1.29, 1.82) is 0 Å². The molecule has 1 aliphatic carbocycles. The van der Waals surface area contributed by atoms with Crippen LogP contribution in [0.3, 0.4) is 0 Å². The molecule has 1 saturated carbocycles. The van der Waals surface area contributed by atoms with Crippen LogP contribution in [0.15, 0.2) is 0 Å². The van der Waals surface area contributed by atoms with Crippen molar-refractivity contribution in [3.8, 4) is 0 Å². The highest BCUT2D eigenvalue weighted by molar-refractivity contribution is 5.85. The molecule has 0 spiro atoms. The monoisotopic (exact) mass is 227 g/mol. The summed E-state index contributed by atoms with van der Waals surface area (Å²) >= 11 is 0. The Labute approximate surface area is 98.6 Å². The fourth-order valence-corrected chi connectivity index (χ4v) is 1.97. The van der Waals surface area contributed by atoms with Crippen molar-refractivity contribution in [3.05, 3.63) is 0 Å². The van der Waals surface area contributed by atoms with Crippen LogP contribution in [0.5, 0.6) is 0 Å². The third-order valence-electron chi connectivity index (χ3n) is 3.53. The lowest BCUT2D eigenvalue weighted by Crippen LogP contribution is -2.46. The molecule has 94 valence electrons. The van der Waals surface area contributed by atoms with Gasteiger partial charge in [0, 0.05) is 19.1 Å². The zero-order valence-corrected chi connectivity index (χ0v) is 10.8. The molecule has 0 bridgehead atoms. The Morgan fingerprint density at radius 3 is 2.38 bits per heavy atom. The molecule has 1 atom stereocenters. The average Bonchev–Trinajstić information content (AvgIpc) is 3.06. The quantitative estimate of drug-likeness (QED) is 0.668. The van der Waals surface area contributed by atoms with Crippen LogP contribution in [0.4, 0.5) is 0 Å². The molecule has 0 aliphatic heterocycles. The largest absolute Gasteiger partial charge is 0.352 e. The van der Waals surface area contributed by atoms with Crippen LogP contribution in [0, 0.1) is 5.41 Å². The van der Waals surface area contributed by atoms with E-state index in [-0.39, 0.29) is 17.4 Å². The fourth-order valence-electron chi connectivity index (χ4n) is 1.97. The highest BCUT2D eigenvalue weighted by atomic mass is 16.2. The molecular weight excluding hydrogens is 202 g/mol. The molecule has 1 rings (SSSR count). The van der Waals surface area contributed by atoms with E-state index < -0.39 is 0 Å². The molecule has 0 radical (unpaired) electrons. The molecule has 0 aromatic rings. The van der Waals surface area contributed by atoms with Gasteiger partial charge >= 0.3 is 0 Å². The van der Waals surface area contributed by atoms with Crippen molar-refractivity contribution < 1.29 is 4.79 Å². The predicted molar refractivity (Wildman–Crippen MR) is 66.1 cm³/mol. The van der Waals surface area contributed by atoms with E-state index in [1.54, 1.807) is 0 Å². The summed E-state index contributed by atoms with van der Waals surface area (Å²) in [5.74, 6) is 0.148. The highest BCUT2D eigenvalue weighted by Crippen LogP contribution is 2.44. The van der Waals surface area contributed by atoms with Crippen molar-refractivity contribution in [1.82, 2.24) is 10.2 Å². The maximum Gasteiger partial charge on any atom is 0.227 e. The second kappa shape index (κ2) is 5.64. The van der Waals surface area contributed by atoms with Gasteiger partial charge in [0.25, 0.3) is 0 Å². The summed E-state index contributed by atoms with van der Waals surface area (Å²) < 4.78 is 0. The Morgan fingerprint density at radius 2 is 2.00 bits per heavy atom. The van der Waals surface area contributed by atoms with Crippen LogP contribution < -0.4 is 11.1 Å². The van der Waals surface area contributed by atoms with Gasteiger partial charge in [-0.2, -0.15) is 0 Å². The molecule has 1 aliphatic rings. The number of hydrogen-bond acceptors (Lipinski definition) is 3. The topological polar surface area (TPSA) is 58.4 Å². The maximum absolute atomic E-state index is 11.9. The lowest BCUT2D eigenvalue weighted by Gasteiger charge is -2.25. The third kappa shape index (κ3) is 3.19. The minimum Gasteiger partial charge on any atom is -0.352 e. The Morgan fingerprint density at radius 1 is 1.44 bits per heavy atom. The summed E-state index contributed by atoms with van der Waals surface area (Å²) in [5, 5.41) is 3.07. The standard InChI is InChI=1S/C12H25N3O/c1-4-15(5-2)8-10(3)14-11(16)12(9-13)6-7-12/h10H,4-9,13H2,1-3H3,(H,14,16). The first-order valence-electron chi connectivity index (χ1n) is 6.31. The summed E-state index contributed by atoms with van der Waals surface area (Å²) in [6.45, 7) is 9.79. The molecular formula is C12H25N3O. The minimum absolute atomic E-state index is 0.148. The van der Waals surface area contributed by atoms with E-state index in [4.69, 9.17) is 5.73 Å². The number of carbonyl (C=O) groups is 1. The van der Waals surface area contributed by atoms with Gasteiger partial charge in [-0.25, -0.2) is 0 Å². The van der Waals surface area contributed by atoms with Gasteiger partial charge in [0.1, 0.15) is 0 Å². The van der Waals surface area contributed by atoms with E-state index in [0.29, 0.717) is 6.54 Å². The van der Waals surface area contributed by atoms with Gasteiger partial charge in [-0.1, -0.05) is 13.8 Å². The lowest BCUT2D eigenvalue weighted by atomic mass is 10.1. The van der Waals surface area contributed by atoms with E-state index in [0.717, 1.165) is 32.5 Å². The van der Waals surface area contributed by atoms with Gasteiger partial charge in [0.05, 0.1) is 5.41 Å². The van der Waals surface area contributed by atoms with Gasteiger partial charge < -0.3 is 16.0 Å². The second-order valence-electron chi connectivity index (χ2n) is 4.84. The smallest absolute Gasteiger partial charge is 0.227 e. The van der Waals surface area contributed by atoms with Gasteiger partial charge in [0.15, 0.2) is 0 Å². The SMILES string of the molecule is CCN(CC)CC(C)NC(=O)C1(CN)CC1. The van der Waals surface area contributed by atoms with Gasteiger partial charge in [0.2, 0.25) is 5.91 Å². The number of hydrogen-bond donors (Lipinski definition) is 2. The van der Waals surface area contributed by atoms with Crippen molar-refractivity contribution >= 4 is 5.91 Å². The normalized spacial score (nSPS) is 19.6.